The number of nitrogens with one attached hydrogen (secondary N) is 1. The van der Waals surface area contributed by atoms with E-state index in [-0.39, 0.29) is 0 Å². The predicted molar refractivity (Wildman–Crippen MR) is 58.8 cm³/mol. The van der Waals surface area contributed by atoms with E-state index in [0.29, 0.717) is 15.8 Å². The second-order valence-electron chi connectivity index (χ2n) is 2.63. The lowest BCUT2D eigenvalue weighted by Crippen LogP contribution is -1.77. The molecule has 1 N–H and O–H groups in total. The molecule has 0 fully saturated rings. The van der Waals surface area contributed by atoms with Gasteiger partial charge in [-0.25, -0.2) is 4.98 Å². The van der Waals surface area contributed by atoms with E-state index in [2.05, 4.69) is 22.6 Å². The molecular formula is C8H6Cl2N2S. The van der Waals surface area contributed by atoms with E-state index in [1.807, 2.05) is 0 Å². The molecule has 2 nitrogen and oxygen atoms in total. The highest BCUT2D eigenvalue weighted by atomic mass is 35.5. The van der Waals surface area contributed by atoms with Crippen LogP contribution in [-0.2, 0) is 5.75 Å². The van der Waals surface area contributed by atoms with E-state index in [9.17, 15) is 0 Å². The van der Waals surface area contributed by atoms with Gasteiger partial charge in [-0.2, -0.15) is 12.6 Å². The fraction of sp³-hybridized carbons (Fsp3) is 0.125. The van der Waals surface area contributed by atoms with Crippen LogP contribution in [0.4, 0.5) is 0 Å². The summed E-state index contributed by atoms with van der Waals surface area (Å²) in [4.78, 5) is 7.34. The van der Waals surface area contributed by atoms with E-state index in [0.717, 1.165) is 16.9 Å². The number of thiol groups is 1. The van der Waals surface area contributed by atoms with Crippen molar-refractivity contribution in [3.8, 4) is 0 Å². The molecule has 1 aromatic carbocycles. The highest BCUT2D eigenvalue weighted by Crippen LogP contribution is 2.26. The minimum absolute atomic E-state index is 0.520. The van der Waals surface area contributed by atoms with Crippen molar-refractivity contribution in [1.29, 1.82) is 0 Å². The van der Waals surface area contributed by atoms with Crippen molar-refractivity contribution < 1.29 is 0 Å². The molecule has 0 amide bonds. The summed E-state index contributed by atoms with van der Waals surface area (Å²) in [7, 11) is 0. The predicted octanol–water partition coefficient (Wildman–Crippen LogP) is 3.30. The Bertz CT molecular complexity index is 414. The molecular weight excluding hydrogens is 227 g/mol. The zero-order valence-electron chi connectivity index (χ0n) is 6.51. The molecule has 0 bridgehead atoms. The molecule has 0 radical (unpaired) electrons. The van der Waals surface area contributed by atoms with Crippen LogP contribution < -0.4 is 0 Å². The molecule has 0 saturated heterocycles. The second-order valence-corrected chi connectivity index (χ2v) is 3.76. The SMILES string of the molecule is SCc1nc2cc(Cl)c(Cl)cc2[nH]1. The van der Waals surface area contributed by atoms with Crippen LogP contribution >= 0.6 is 35.8 Å². The molecule has 2 rings (SSSR count). The number of rotatable bonds is 1. The van der Waals surface area contributed by atoms with E-state index in [1.165, 1.54) is 0 Å². The molecule has 0 saturated carbocycles. The Labute approximate surface area is 90.7 Å². The van der Waals surface area contributed by atoms with Gasteiger partial charge in [0.05, 0.1) is 21.1 Å². The first kappa shape index (κ1) is 9.19. The van der Waals surface area contributed by atoms with Gasteiger partial charge in [-0.05, 0) is 12.1 Å². The van der Waals surface area contributed by atoms with Crippen LogP contribution in [0.5, 0.6) is 0 Å². The number of benzene rings is 1. The summed E-state index contributed by atoms with van der Waals surface area (Å²) < 4.78 is 0. The van der Waals surface area contributed by atoms with Crippen molar-refractivity contribution in [2.75, 3.05) is 0 Å². The number of aromatic nitrogens is 2. The third kappa shape index (κ3) is 1.64. The smallest absolute Gasteiger partial charge is 0.117 e. The van der Waals surface area contributed by atoms with Crippen molar-refractivity contribution in [2.45, 2.75) is 5.75 Å². The molecule has 1 heterocycles. The van der Waals surface area contributed by atoms with Gasteiger partial charge in [0.2, 0.25) is 0 Å². The molecule has 0 spiro atoms. The highest BCUT2D eigenvalue weighted by molar-refractivity contribution is 7.79. The molecule has 0 aliphatic rings. The third-order valence-electron chi connectivity index (χ3n) is 1.72. The van der Waals surface area contributed by atoms with Crippen LogP contribution in [0, 0.1) is 0 Å². The van der Waals surface area contributed by atoms with Crippen molar-refractivity contribution >= 4 is 46.9 Å². The van der Waals surface area contributed by atoms with Gasteiger partial charge in [-0.15, -0.1) is 0 Å². The minimum atomic E-state index is 0.520. The quantitative estimate of drug-likeness (QED) is 0.727. The normalized spacial score (nSPS) is 11.0. The average molecular weight is 233 g/mol. The number of nitrogens with zero attached hydrogens (tertiary/aromatic N) is 1. The van der Waals surface area contributed by atoms with Crippen molar-refractivity contribution in [3.63, 3.8) is 0 Å². The Morgan fingerprint density at radius 2 is 2.00 bits per heavy atom. The number of hydrogen-bond donors (Lipinski definition) is 2. The summed E-state index contributed by atoms with van der Waals surface area (Å²) >= 11 is 15.8. The Hall–Kier alpha value is -0.380. The number of fused-ring (bicyclic) bond motifs is 1. The third-order valence-corrected chi connectivity index (χ3v) is 2.74. The van der Waals surface area contributed by atoms with Crippen molar-refractivity contribution in [3.05, 3.63) is 28.0 Å². The molecule has 0 aliphatic heterocycles. The lowest BCUT2D eigenvalue weighted by atomic mass is 10.3. The van der Waals surface area contributed by atoms with E-state index < -0.39 is 0 Å². The molecule has 1 aromatic heterocycles. The van der Waals surface area contributed by atoms with Gasteiger partial charge in [-0.3, -0.25) is 0 Å². The first-order chi connectivity index (χ1) is 6.20. The summed E-state index contributed by atoms with van der Waals surface area (Å²) in [6.07, 6.45) is 0. The van der Waals surface area contributed by atoms with E-state index in [4.69, 9.17) is 23.2 Å². The number of imidazole rings is 1. The summed E-state index contributed by atoms with van der Waals surface area (Å²) in [5.74, 6) is 1.39. The van der Waals surface area contributed by atoms with E-state index >= 15 is 0 Å². The minimum Gasteiger partial charge on any atom is -0.341 e. The van der Waals surface area contributed by atoms with Crippen LogP contribution in [0.15, 0.2) is 12.1 Å². The molecule has 0 aliphatic carbocycles. The topological polar surface area (TPSA) is 28.7 Å². The van der Waals surface area contributed by atoms with Crippen LogP contribution in [0.2, 0.25) is 10.0 Å². The molecule has 0 unspecified atom stereocenters. The maximum absolute atomic E-state index is 5.84. The Kier molecular flexibility index (Phi) is 2.41. The maximum atomic E-state index is 5.84. The Balaban J connectivity index is 2.70. The number of aromatic amines is 1. The summed E-state index contributed by atoms with van der Waals surface area (Å²) in [5.41, 5.74) is 1.71. The standard InChI is InChI=1S/C8H6Cl2N2S/c9-4-1-6-7(2-5(4)10)12-8(3-13)11-6/h1-2,13H,3H2,(H,11,12). The van der Waals surface area contributed by atoms with Gasteiger partial charge < -0.3 is 4.98 Å². The molecule has 68 valence electrons. The van der Waals surface area contributed by atoms with Crippen molar-refractivity contribution in [1.82, 2.24) is 9.97 Å². The Morgan fingerprint density at radius 1 is 1.31 bits per heavy atom. The lowest BCUT2D eigenvalue weighted by Gasteiger charge is -1.93. The first-order valence-corrected chi connectivity index (χ1v) is 5.04. The number of halogens is 2. The van der Waals surface area contributed by atoms with Crippen LogP contribution in [0.25, 0.3) is 11.0 Å². The zero-order valence-corrected chi connectivity index (χ0v) is 8.92. The highest BCUT2D eigenvalue weighted by Gasteiger charge is 2.04. The van der Waals surface area contributed by atoms with Gasteiger partial charge in [0, 0.05) is 5.75 Å². The summed E-state index contributed by atoms with van der Waals surface area (Å²) in [6, 6.07) is 3.50. The summed E-state index contributed by atoms with van der Waals surface area (Å²) in [5, 5.41) is 1.05. The molecule has 2 aromatic rings. The van der Waals surface area contributed by atoms with Gasteiger partial charge in [0.15, 0.2) is 0 Å². The fourth-order valence-corrected chi connectivity index (χ4v) is 1.60. The molecule has 5 heteroatoms. The first-order valence-electron chi connectivity index (χ1n) is 3.65. The largest absolute Gasteiger partial charge is 0.341 e. The number of H-pyrrole nitrogens is 1. The van der Waals surface area contributed by atoms with Gasteiger partial charge in [0.25, 0.3) is 0 Å². The maximum Gasteiger partial charge on any atom is 0.117 e. The van der Waals surface area contributed by atoms with Gasteiger partial charge >= 0.3 is 0 Å². The van der Waals surface area contributed by atoms with Crippen LogP contribution in [0.3, 0.4) is 0 Å². The van der Waals surface area contributed by atoms with E-state index in [1.54, 1.807) is 12.1 Å². The average Bonchev–Trinajstić information content (AvgIpc) is 2.48. The van der Waals surface area contributed by atoms with Crippen LogP contribution in [0.1, 0.15) is 5.82 Å². The molecule has 0 atom stereocenters. The Morgan fingerprint density at radius 3 is 2.69 bits per heavy atom. The van der Waals surface area contributed by atoms with Gasteiger partial charge in [-0.1, -0.05) is 23.2 Å². The number of hydrogen-bond acceptors (Lipinski definition) is 2. The monoisotopic (exact) mass is 232 g/mol. The molecule has 13 heavy (non-hydrogen) atoms. The van der Waals surface area contributed by atoms with Crippen molar-refractivity contribution in [2.24, 2.45) is 0 Å². The van der Waals surface area contributed by atoms with Crippen LogP contribution in [-0.4, -0.2) is 9.97 Å². The fourth-order valence-electron chi connectivity index (χ4n) is 1.13. The summed E-state index contributed by atoms with van der Waals surface area (Å²) in [6.45, 7) is 0. The zero-order chi connectivity index (χ0) is 9.42. The van der Waals surface area contributed by atoms with Gasteiger partial charge in [0.1, 0.15) is 5.82 Å². The second kappa shape index (κ2) is 3.40. The lowest BCUT2D eigenvalue weighted by molar-refractivity contribution is 1.15.